The molecule has 0 heterocycles. The first kappa shape index (κ1) is 11.6. The van der Waals surface area contributed by atoms with Gasteiger partial charge in [0, 0.05) is 6.42 Å². The third-order valence-electron chi connectivity index (χ3n) is 1.88. The Labute approximate surface area is 91.8 Å². The maximum absolute atomic E-state index is 5.25. The fourth-order valence-corrected chi connectivity index (χ4v) is 1.09. The topological polar surface area (TPSA) is 9.23 Å². The number of hydrogen-bond acceptors (Lipinski definition) is 1. The van der Waals surface area contributed by atoms with Crippen molar-refractivity contribution in [3.05, 3.63) is 48.0 Å². The van der Waals surface area contributed by atoms with Gasteiger partial charge >= 0.3 is 0 Å². The average Bonchev–Trinajstić information content (AvgIpc) is 2.29. The van der Waals surface area contributed by atoms with Gasteiger partial charge in [0.2, 0.25) is 0 Å². The summed E-state index contributed by atoms with van der Waals surface area (Å²) in [6.45, 7) is 3.14. The molecular formula is C14H16O. The van der Waals surface area contributed by atoms with Crippen molar-refractivity contribution in [2.45, 2.75) is 13.3 Å². The number of allylic oxidation sites excluding steroid dienone is 1. The highest BCUT2D eigenvalue weighted by molar-refractivity contribution is 5.20. The zero-order chi connectivity index (χ0) is 10.8. The first-order valence-electron chi connectivity index (χ1n) is 5.12. The zero-order valence-electron chi connectivity index (χ0n) is 9.07. The van der Waals surface area contributed by atoms with Crippen molar-refractivity contribution in [3.63, 3.8) is 0 Å². The van der Waals surface area contributed by atoms with E-state index in [2.05, 4.69) is 24.0 Å². The molecule has 0 atom stereocenters. The van der Waals surface area contributed by atoms with Gasteiger partial charge in [-0.1, -0.05) is 54.3 Å². The first-order chi connectivity index (χ1) is 7.43. The highest BCUT2D eigenvalue weighted by Gasteiger charge is 1.84. The van der Waals surface area contributed by atoms with Gasteiger partial charge in [-0.2, -0.15) is 0 Å². The average molecular weight is 200 g/mol. The SMILES string of the molecule is C/C=C/COCC#CCc1ccccc1. The van der Waals surface area contributed by atoms with Crippen LogP contribution in [0.4, 0.5) is 0 Å². The Morgan fingerprint density at radius 3 is 2.73 bits per heavy atom. The van der Waals surface area contributed by atoms with E-state index in [1.54, 1.807) is 0 Å². The van der Waals surface area contributed by atoms with Crippen molar-refractivity contribution in [1.29, 1.82) is 0 Å². The molecule has 0 N–H and O–H groups in total. The predicted molar refractivity (Wildman–Crippen MR) is 63.6 cm³/mol. The van der Waals surface area contributed by atoms with Crippen LogP contribution in [0.1, 0.15) is 12.5 Å². The van der Waals surface area contributed by atoms with E-state index in [1.807, 2.05) is 37.3 Å². The van der Waals surface area contributed by atoms with Gasteiger partial charge in [-0.3, -0.25) is 0 Å². The zero-order valence-corrected chi connectivity index (χ0v) is 9.07. The molecule has 0 amide bonds. The van der Waals surface area contributed by atoms with Gasteiger partial charge in [-0.25, -0.2) is 0 Å². The molecule has 0 aliphatic rings. The van der Waals surface area contributed by atoms with Crippen LogP contribution in [0.5, 0.6) is 0 Å². The second-order valence-electron chi connectivity index (χ2n) is 3.10. The molecule has 1 aromatic carbocycles. The van der Waals surface area contributed by atoms with Gasteiger partial charge in [0.25, 0.3) is 0 Å². The van der Waals surface area contributed by atoms with Crippen LogP contribution in [-0.4, -0.2) is 13.2 Å². The van der Waals surface area contributed by atoms with Crippen molar-refractivity contribution in [2.75, 3.05) is 13.2 Å². The smallest absolute Gasteiger partial charge is 0.108 e. The van der Waals surface area contributed by atoms with Crippen LogP contribution in [-0.2, 0) is 11.2 Å². The van der Waals surface area contributed by atoms with Gasteiger partial charge in [0.15, 0.2) is 0 Å². The van der Waals surface area contributed by atoms with E-state index < -0.39 is 0 Å². The second-order valence-corrected chi connectivity index (χ2v) is 3.10. The number of hydrogen-bond donors (Lipinski definition) is 0. The lowest BCUT2D eigenvalue weighted by Crippen LogP contribution is -1.90. The molecule has 0 bridgehead atoms. The molecule has 0 unspecified atom stereocenters. The molecule has 0 aliphatic heterocycles. The van der Waals surface area contributed by atoms with Gasteiger partial charge < -0.3 is 4.74 Å². The molecule has 1 nitrogen and oxygen atoms in total. The maximum Gasteiger partial charge on any atom is 0.108 e. The fraction of sp³-hybridized carbons (Fsp3) is 0.286. The summed E-state index contributed by atoms with van der Waals surface area (Å²) in [6, 6.07) is 10.2. The minimum atomic E-state index is 0.511. The predicted octanol–water partition coefficient (Wildman–Crippen LogP) is 2.83. The van der Waals surface area contributed by atoms with E-state index in [1.165, 1.54) is 5.56 Å². The summed E-state index contributed by atoms with van der Waals surface area (Å²) in [6.07, 6.45) is 4.74. The summed E-state index contributed by atoms with van der Waals surface area (Å²) in [5.41, 5.74) is 1.25. The van der Waals surface area contributed by atoms with Gasteiger partial charge in [-0.15, -0.1) is 0 Å². The van der Waals surface area contributed by atoms with Crippen LogP contribution >= 0.6 is 0 Å². The fourth-order valence-electron chi connectivity index (χ4n) is 1.09. The van der Waals surface area contributed by atoms with E-state index >= 15 is 0 Å². The Bertz CT molecular complexity index is 341. The van der Waals surface area contributed by atoms with Crippen LogP contribution in [0.3, 0.4) is 0 Å². The van der Waals surface area contributed by atoms with Crippen LogP contribution < -0.4 is 0 Å². The molecule has 1 heteroatoms. The van der Waals surface area contributed by atoms with E-state index in [0.29, 0.717) is 13.2 Å². The molecule has 0 spiro atoms. The molecule has 1 aromatic rings. The Morgan fingerprint density at radius 1 is 1.20 bits per heavy atom. The van der Waals surface area contributed by atoms with Crippen LogP contribution in [0, 0.1) is 11.8 Å². The van der Waals surface area contributed by atoms with Crippen molar-refractivity contribution in [3.8, 4) is 11.8 Å². The van der Waals surface area contributed by atoms with Crippen LogP contribution in [0.25, 0.3) is 0 Å². The molecule has 0 aromatic heterocycles. The van der Waals surface area contributed by atoms with Crippen molar-refractivity contribution >= 4 is 0 Å². The normalized spacial score (nSPS) is 9.93. The summed E-state index contributed by atoms with van der Waals surface area (Å²) in [5.74, 6) is 6.07. The molecule has 1 rings (SSSR count). The quantitative estimate of drug-likeness (QED) is 0.412. The first-order valence-corrected chi connectivity index (χ1v) is 5.12. The Kier molecular flexibility index (Phi) is 6.04. The van der Waals surface area contributed by atoms with Gasteiger partial charge in [-0.05, 0) is 12.5 Å². The Hall–Kier alpha value is -1.52. The minimum Gasteiger partial charge on any atom is -0.365 e. The molecule has 0 radical (unpaired) electrons. The minimum absolute atomic E-state index is 0.511. The van der Waals surface area contributed by atoms with Crippen LogP contribution in [0.15, 0.2) is 42.5 Å². The van der Waals surface area contributed by atoms with Crippen molar-refractivity contribution < 1.29 is 4.74 Å². The van der Waals surface area contributed by atoms with E-state index in [0.717, 1.165) is 6.42 Å². The lowest BCUT2D eigenvalue weighted by atomic mass is 10.2. The number of benzene rings is 1. The van der Waals surface area contributed by atoms with E-state index in [9.17, 15) is 0 Å². The third kappa shape index (κ3) is 5.72. The molecule has 0 saturated carbocycles. The van der Waals surface area contributed by atoms with Crippen molar-refractivity contribution in [1.82, 2.24) is 0 Å². The van der Waals surface area contributed by atoms with Crippen LogP contribution in [0.2, 0.25) is 0 Å². The Morgan fingerprint density at radius 2 is 2.00 bits per heavy atom. The summed E-state index contributed by atoms with van der Waals surface area (Å²) in [5, 5.41) is 0. The van der Waals surface area contributed by atoms with E-state index in [4.69, 9.17) is 4.74 Å². The number of ether oxygens (including phenoxy) is 1. The number of rotatable bonds is 4. The largest absolute Gasteiger partial charge is 0.365 e. The standard InChI is InChI=1S/C14H16O/c1-2-3-12-15-13-8-7-11-14-9-5-4-6-10-14/h2-6,9-10H,11-13H2,1H3/b3-2+. The molecular weight excluding hydrogens is 184 g/mol. The van der Waals surface area contributed by atoms with Gasteiger partial charge in [0.05, 0.1) is 6.61 Å². The van der Waals surface area contributed by atoms with Crippen molar-refractivity contribution in [2.24, 2.45) is 0 Å². The highest BCUT2D eigenvalue weighted by atomic mass is 16.5. The second kappa shape index (κ2) is 7.84. The monoisotopic (exact) mass is 200 g/mol. The third-order valence-corrected chi connectivity index (χ3v) is 1.88. The maximum atomic E-state index is 5.25. The Balaban J connectivity index is 2.17. The molecule has 78 valence electrons. The van der Waals surface area contributed by atoms with Gasteiger partial charge in [0.1, 0.15) is 6.61 Å². The lowest BCUT2D eigenvalue weighted by Gasteiger charge is -1.93. The summed E-state index contributed by atoms with van der Waals surface area (Å²) in [7, 11) is 0. The highest BCUT2D eigenvalue weighted by Crippen LogP contribution is 1.97. The summed E-state index contributed by atoms with van der Waals surface area (Å²) < 4.78 is 5.25. The summed E-state index contributed by atoms with van der Waals surface area (Å²) in [4.78, 5) is 0. The molecule has 0 fully saturated rings. The van der Waals surface area contributed by atoms with E-state index in [-0.39, 0.29) is 0 Å². The summed E-state index contributed by atoms with van der Waals surface area (Å²) >= 11 is 0. The lowest BCUT2D eigenvalue weighted by molar-refractivity contribution is 0.199. The molecule has 0 saturated heterocycles. The molecule has 15 heavy (non-hydrogen) atoms. The molecule has 0 aliphatic carbocycles.